The Labute approximate surface area is 171 Å². The Morgan fingerprint density at radius 3 is 1.97 bits per heavy atom. The number of hydrogen-bond donors (Lipinski definition) is 0. The molecule has 1 aliphatic heterocycles. The normalized spacial score (nSPS) is 14.2. The molecule has 0 N–H and O–H groups in total. The second kappa shape index (κ2) is 7.99. The van der Waals surface area contributed by atoms with E-state index in [2.05, 4.69) is 20.8 Å². The van der Waals surface area contributed by atoms with Crippen molar-refractivity contribution < 1.29 is 22.7 Å². The van der Waals surface area contributed by atoms with Gasteiger partial charge < -0.3 is 4.74 Å². The van der Waals surface area contributed by atoms with Gasteiger partial charge in [0.05, 0.1) is 22.6 Å². The van der Waals surface area contributed by atoms with Gasteiger partial charge in [-0.2, -0.15) is 0 Å². The highest BCUT2D eigenvalue weighted by molar-refractivity contribution is 7.91. The first-order valence-electron chi connectivity index (χ1n) is 9.49. The number of nitrogens with zero attached hydrogens (tertiary/aromatic N) is 1. The molecule has 1 heterocycles. The second-order valence-corrected chi connectivity index (χ2v) is 10.3. The predicted molar refractivity (Wildman–Crippen MR) is 110 cm³/mol. The molecule has 0 radical (unpaired) electrons. The van der Waals surface area contributed by atoms with Crippen LogP contribution in [0.3, 0.4) is 0 Å². The number of carbonyl (C=O) groups excluding carboxylic acids is 2. The van der Waals surface area contributed by atoms with Crippen LogP contribution < -0.4 is 4.74 Å². The molecule has 0 bridgehead atoms. The number of amides is 2. The zero-order valence-corrected chi connectivity index (χ0v) is 17.7. The van der Waals surface area contributed by atoms with E-state index in [0.717, 1.165) is 17.7 Å². The molecule has 154 valence electrons. The Morgan fingerprint density at radius 2 is 1.45 bits per heavy atom. The molecular weight excluding hydrogens is 390 g/mol. The fourth-order valence-corrected chi connectivity index (χ4v) is 4.41. The van der Waals surface area contributed by atoms with E-state index in [-0.39, 0.29) is 21.4 Å². The van der Waals surface area contributed by atoms with Gasteiger partial charge in [-0.15, -0.1) is 0 Å². The molecule has 0 spiro atoms. The first kappa shape index (κ1) is 21.0. The first-order chi connectivity index (χ1) is 13.6. The van der Waals surface area contributed by atoms with Gasteiger partial charge in [-0.3, -0.25) is 14.5 Å². The van der Waals surface area contributed by atoms with E-state index in [1.165, 1.54) is 24.3 Å². The molecule has 2 aromatic rings. The maximum Gasteiger partial charge on any atom is 0.262 e. The van der Waals surface area contributed by atoms with Crippen LogP contribution in [0.1, 0.15) is 54.3 Å². The number of imide groups is 1. The van der Waals surface area contributed by atoms with Crippen LogP contribution in [0.2, 0.25) is 0 Å². The molecule has 0 saturated heterocycles. The summed E-state index contributed by atoms with van der Waals surface area (Å²) in [7, 11) is -3.86. The van der Waals surface area contributed by atoms with Gasteiger partial charge in [0.2, 0.25) is 0 Å². The summed E-state index contributed by atoms with van der Waals surface area (Å²) in [6.07, 6.45) is 1.93. The third-order valence-electron chi connectivity index (χ3n) is 4.70. The van der Waals surface area contributed by atoms with Crippen molar-refractivity contribution in [1.82, 2.24) is 4.90 Å². The average Bonchev–Trinajstić information content (AvgIpc) is 2.90. The van der Waals surface area contributed by atoms with Gasteiger partial charge >= 0.3 is 0 Å². The van der Waals surface area contributed by atoms with Gasteiger partial charge in [0.1, 0.15) is 11.6 Å². The van der Waals surface area contributed by atoms with Crippen molar-refractivity contribution in [3.8, 4) is 5.75 Å². The van der Waals surface area contributed by atoms with Crippen LogP contribution in [0.15, 0.2) is 53.4 Å². The van der Waals surface area contributed by atoms with Gasteiger partial charge in [-0.25, -0.2) is 8.42 Å². The van der Waals surface area contributed by atoms with Crippen LogP contribution in [-0.2, 0) is 9.84 Å². The average molecular weight is 416 g/mol. The molecule has 2 aromatic carbocycles. The summed E-state index contributed by atoms with van der Waals surface area (Å²) in [5, 5.41) is 0. The van der Waals surface area contributed by atoms with Crippen LogP contribution in [0, 0.1) is 5.41 Å². The minimum atomic E-state index is -3.86. The molecule has 29 heavy (non-hydrogen) atoms. The summed E-state index contributed by atoms with van der Waals surface area (Å²) in [5.41, 5.74) is 0.698. The fraction of sp³-hybridized carbons (Fsp3) is 0.364. The molecule has 0 fully saturated rings. The van der Waals surface area contributed by atoms with Crippen LogP contribution >= 0.6 is 0 Å². The lowest BCUT2D eigenvalue weighted by molar-refractivity contribution is 0.0680. The molecule has 0 aromatic heterocycles. The molecule has 0 aliphatic carbocycles. The van der Waals surface area contributed by atoms with E-state index < -0.39 is 27.5 Å². The summed E-state index contributed by atoms with van der Waals surface area (Å²) in [5.74, 6) is -1.29. The van der Waals surface area contributed by atoms with Gasteiger partial charge in [-0.05, 0) is 54.7 Å². The minimum Gasteiger partial charge on any atom is -0.494 e. The van der Waals surface area contributed by atoms with Crippen molar-refractivity contribution in [1.29, 1.82) is 0 Å². The van der Waals surface area contributed by atoms with E-state index >= 15 is 0 Å². The molecule has 0 atom stereocenters. The third-order valence-corrected chi connectivity index (χ3v) is 6.29. The summed E-state index contributed by atoms with van der Waals surface area (Å²) < 4.78 is 31.1. The lowest BCUT2D eigenvalue weighted by atomic mass is 9.91. The molecule has 6 nitrogen and oxygen atoms in total. The topological polar surface area (TPSA) is 80.8 Å². The summed E-state index contributed by atoms with van der Waals surface area (Å²) in [4.78, 5) is 25.6. The predicted octanol–water partition coefficient (Wildman–Crippen LogP) is 3.92. The van der Waals surface area contributed by atoms with E-state index in [9.17, 15) is 18.0 Å². The number of ether oxygens (including phenoxy) is 1. The maximum absolute atomic E-state index is 12.7. The Kier molecular flexibility index (Phi) is 5.80. The number of hydrogen-bond acceptors (Lipinski definition) is 5. The molecule has 1 aliphatic rings. The van der Waals surface area contributed by atoms with Crippen LogP contribution in [0.25, 0.3) is 0 Å². The zero-order valence-electron chi connectivity index (χ0n) is 16.8. The number of carbonyl (C=O) groups is 2. The van der Waals surface area contributed by atoms with Gasteiger partial charge in [0.15, 0.2) is 9.84 Å². The summed E-state index contributed by atoms with van der Waals surface area (Å²) in [6.45, 7) is 7.06. The Balaban J connectivity index is 1.65. The smallest absolute Gasteiger partial charge is 0.262 e. The van der Waals surface area contributed by atoms with Crippen molar-refractivity contribution in [2.24, 2.45) is 5.41 Å². The molecule has 2 amide bonds. The lowest BCUT2D eigenvalue weighted by Crippen LogP contribution is -2.34. The number of fused-ring (bicyclic) bond motifs is 1. The molecule has 3 rings (SSSR count). The van der Waals surface area contributed by atoms with E-state index in [0.29, 0.717) is 12.4 Å². The molecular formula is C22H25NO5S. The largest absolute Gasteiger partial charge is 0.494 e. The zero-order chi connectivity index (χ0) is 21.2. The van der Waals surface area contributed by atoms with Crippen LogP contribution in [0.5, 0.6) is 5.75 Å². The van der Waals surface area contributed by atoms with Crippen LogP contribution in [-0.4, -0.2) is 37.6 Å². The van der Waals surface area contributed by atoms with Crippen molar-refractivity contribution in [3.63, 3.8) is 0 Å². The van der Waals surface area contributed by atoms with Crippen molar-refractivity contribution in [2.45, 2.75) is 38.5 Å². The highest BCUT2D eigenvalue weighted by Gasteiger charge is 2.38. The second-order valence-electron chi connectivity index (χ2n) is 8.31. The Morgan fingerprint density at radius 1 is 0.897 bits per heavy atom. The van der Waals surface area contributed by atoms with Crippen molar-refractivity contribution >= 4 is 21.7 Å². The first-order valence-corrected chi connectivity index (χ1v) is 11.1. The summed E-state index contributed by atoms with van der Waals surface area (Å²) >= 11 is 0. The SMILES string of the molecule is CC(C)(C)CCCOc1ccc(S(=O)(=O)CN2C(=O)c3ccccc3C2=O)cc1. The Bertz CT molecular complexity index is 985. The van der Waals surface area contributed by atoms with E-state index in [4.69, 9.17) is 4.74 Å². The molecule has 0 saturated carbocycles. The van der Waals surface area contributed by atoms with Gasteiger partial charge in [-0.1, -0.05) is 32.9 Å². The van der Waals surface area contributed by atoms with Crippen molar-refractivity contribution in [3.05, 3.63) is 59.7 Å². The molecule has 7 heteroatoms. The van der Waals surface area contributed by atoms with Crippen molar-refractivity contribution in [2.75, 3.05) is 12.5 Å². The maximum atomic E-state index is 12.7. The standard InChI is InChI=1S/C22H25NO5S/c1-22(2,3)13-6-14-28-16-9-11-17(12-10-16)29(26,27)15-23-20(24)18-7-4-5-8-19(18)21(23)25/h4-5,7-12H,6,13-15H2,1-3H3. The Hall–Kier alpha value is -2.67. The van der Waals surface area contributed by atoms with E-state index in [1.54, 1.807) is 24.3 Å². The third kappa shape index (κ3) is 4.85. The monoisotopic (exact) mass is 415 g/mol. The quantitative estimate of drug-likeness (QED) is 0.506. The molecule has 0 unspecified atom stereocenters. The van der Waals surface area contributed by atoms with E-state index in [1.807, 2.05) is 0 Å². The van der Waals surface area contributed by atoms with Gasteiger partial charge in [0.25, 0.3) is 11.8 Å². The lowest BCUT2D eigenvalue weighted by Gasteiger charge is -2.17. The summed E-state index contributed by atoms with van der Waals surface area (Å²) in [6, 6.07) is 12.4. The minimum absolute atomic E-state index is 0.0381. The fourth-order valence-electron chi connectivity index (χ4n) is 3.14. The highest BCUT2D eigenvalue weighted by atomic mass is 32.2. The number of sulfone groups is 1. The van der Waals surface area contributed by atoms with Gasteiger partial charge in [0, 0.05) is 0 Å². The number of benzene rings is 2. The van der Waals surface area contributed by atoms with Crippen LogP contribution in [0.4, 0.5) is 0 Å². The highest BCUT2D eigenvalue weighted by Crippen LogP contribution is 2.26. The number of rotatable bonds is 7.